The second-order valence-corrected chi connectivity index (χ2v) is 6.03. The van der Waals surface area contributed by atoms with E-state index in [1.54, 1.807) is 11.8 Å². The summed E-state index contributed by atoms with van der Waals surface area (Å²) in [5.41, 5.74) is -0.566. The predicted octanol–water partition coefficient (Wildman–Crippen LogP) is 2.75. The number of hydrogen-bond donors (Lipinski definition) is 1. The molecule has 0 saturated carbocycles. The number of hydrogen-bond acceptors (Lipinski definition) is 4. The number of nitro groups is 1. The van der Waals surface area contributed by atoms with Crippen LogP contribution in [-0.2, 0) is 0 Å². The Kier molecular flexibility index (Phi) is 4.94. The van der Waals surface area contributed by atoms with Gasteiger partial charge in [-0.1, -0.05) is 6.42 Å². The van der Waals surface area contributed by atoms with Crippen molar-refractivity contribution in [2.45, 2.75) is 24.5 Å². The summed E-state index contributed by atoms with van der Waals surface area (Å²) in [5.74, 6) is -0.270. The van der Waals surface area contributed by atoms with Gasteiger partial charge in [-0.15, -0.1) is 0 Å². The lowest BCUT2D eigenvalue weighted by molar-refractivity contribution is -0.384. The Morgan fingerprint density at radius 2 is 2.30 bits per heavy atom. The van der Waals surface area contributed by atoms with Gasteiger partial charge in [0.05, 0.1) is 10.5 Å². The number of thioether (sulfide) groups is 1. The van der Waals surface area contributed by atoms with Crippen LogP contribution < -0.4 is 5.32 Å². The topological polar surface area (TPSA) is 72.2 Å². The maximum atomic E-state index is 13.6. The maximum absolute atomic E-state index is 13.6. The monoisotopic (exact) mass is 298 g/mol. The van der Waals surface area contributed by atoms with Crippen molar-refractivity contribution in [3.05, 3.63) is 39.7 Å². The first-order chi connectivity index (χ1) is 9.58. The van der Waals surface area contributed by atoms with Crippen LogP contribution in [0.1, 0.15) is 29.6 Å². The first-order valence-corrected chi connectivity index (χ1v) is 7.46. The first kappa shape index (κ1) is 14.8. The largest absolute Gasteiger partial charge is 0.351 e. The van der Waals surface area contributed by atoms with Crippen LogP contribution in [0.3, 0.4) is 0 Å². The zero-order valence-electron chi connectivity index (χ0n) is 10.8. The third kappa shape index (κ3) is 3.69. The van der Waals surface area contributed by atoms with Gasteiger partial charge in [0.2, 0.25) is 0 Å². The molecule has 1 saturated heterocycles. The predicted molar refractivity (Wildman–Crippen MR) is 75.5 cm³/mol. The number of nitro benzene ring substituents is 1. The minimum absolute atomic E-state index is 0.278. The molecule has 7 heteroatoms. The number of nitrogens with one attached hydrogen (secondary N) is 1. The Morgan fingerprint density at radius 3 is 2.95 bits per heavy atom. The van der Waals surface area contributed by atoms with Gasteiger partial charge in [-0.25, -0.2) is 4.39 Å². The summed E-state index contributed by atoms with van der Waals surface area (Å²) in [4.78, 5) is 21.9. The summed E-state index contributed by atoms with van der Waals surface area (Å²) in [6.45, 7) is 0.464. The van der Waals surface area contributed by atoms with Crippen molar-refractivity contribution < 1.29 is 14.1 Å². The average Bonchev–Trinajstić information content (AvgIpc) is 2.46. The Morgan fingerprint density at radius 1 is 1.50 bits per heavy atom. The molecule has 0 aliphatic carbocycles. The van der Waals surface area contributed by atoms with Crippen LogP contribution in [0, 0.1) is 15.9 Å². The van der Waals surface area contributed by atoms with Crippen molar-refractivity contribution >= 4 is 23.4 Å². The third-order valence-corrected chi connectivity index (χ3v) is 4.57. The quantitative estimate of drug-likeness (QED) is 0.685. The van der Waals surface area contributed by atoms with Crippen LogP contribution in [0.25, 0.3) is 0 Å². The van der Waals surface area contributed by atoms with Crippen LogP contribution in [0.2, 0.25) is 0 Å². The number of carbonyl (C=O) groups excluding carboxylic acids is 1. The molecule has 0 bridgehead atoms. The summed E-state index contributed by atoms with van der Waals surface area (Å²) in [5, 5.41) is 13.6. The highest BCUT2D eigenvalue weighted by molar-refractivity contribution is 7.99. The fourth-order valence-corrected chi connectivity index (χ4v) is 3.31. The molecule has 5 nitrogen and oxygen atoms in total. The van der Waals surface area contributed by atoms with E-state index >= 15 is 0 Å². The number of rotatable bonds is 4. The van der Waals surface area contributed by atoms with Gasteiger partial charge < -0.3 is 5.32 Å². The third-order valence-electron chi connectivity index (χ3n) is 3.17. The number of non-ortho nitro benzene ring substituents is 1. The standard InChI is InChI=1S/C13H15FN2O3S/c14-12-5-4-9(16(18)19)7-11(12)13(17)15-8-10-3-1-2-6-20-10/h4-5,7,10H,1-3,6,8H2,(H,15,17). The van der Waals surface area contributed by atoms with Gasteiger partial charge in [0.25, 0.3) is 11.6 Å². The van der Waals surface area contributed by atoms with Gasteiger partial charge in [-0.2, -0.15) is 11.8 Å². The van der Waals surface area contributed by atoms with Gasteiger partial charge in [0.15, 0.2) is 0 Å². The van der Waals surface area contributed by atoms with E-state index < -0.39 is 16.6 Å². The lowest BCUT2D eigenvalue weighted by atomic mass is 10.1. The number of amides is 1. The summed E-state index contributed by atoms with van der Waals surface area (Å²) < 4.78 is 13.6. The molecule has 1 heterocycles. The molecule has 1 aromatic carbocycles. The van der Waals surface area contributed by atoms with Crippen molar-refractivity contribution in [2.24, 2.45) is 0 Å². The lowest BCUT2D eigenvalue weighted by Gasteiger charge is -2.21. The Hall–Kier alpha value is -1.63. The van der Waals surface area contributed by atoms with Crippen LogP contribution in [0.4, 0.5) is 10.1 Å². The fraction of sp³-hybridized carbons (Fsp3) is 0.462. The van der Waals surface area contributed by atoms with E-state index in [1.165, 1.54) is 6.42 Å². The maximum Gasteiger partial charge on any atom is 0.270 e. The molecule has 1 N–H and O–H groups in total. The molecular formula is C13H15FN2O3S. The second-order valence-electron chi connectivity index (χ2n) is 4.62. The van der Waals surface area contributed by atoms with E-state index in [9.17, 15) is 19.3 Å². The zero-order chi connectivity index (χ0) is 14.5. The van der Waals surface area contributed by atoms with Gasteiger partial charge in [0.1, 0.15) is 5.82 Å². The first-order valence-electron chi connectivity index (χ1n) is 6.41. The normalized spacial score (nSPS) is 18.6. The van der Waals surface area contributed by atoms with Gasteiger partial charge in [-0.05, 0) is 24.7 Å². The summed E-state index contributed by atoms with van der Waals surface area (Å²) in [6.07, 6.45) is 3.36. The molecule has 1 amide bonds. The van der Waals surface area contributed by atoms with Crippen molar-refractivity contribution in [2.75, 3.05) is 12.3 Å². The summed E-state index contributed by atoms with van der Waals surface area (Å²) >= 11 is 1.80. The Balaban J connectivity index is 2.00. The van der Waals surface area contributed by atoms with E-state index in [0.29, 0.717) is 11.8 Å². The summed E-state index contributed by atoms with van der Waals surface area (Å²) in [7, 11) is 0. The lowest BCUT2D eigenvalue weighted by Crippen LogP contribution is -2.32. The zero-order valence-corrected chi connectivity index (χ0v) is 11.6. The van der Waals surface area contributed by atoms with Crippen LogP contribution in [0.15, 0.2) is 18.2 Å². The van der Waals surface area contributed by atoms with Crippen molar-refractivity contribution in [3.63, 3.8) is 0 Å². The number of benzene rings is 1. The molecule has 2 rings (SSSR count). The fourth-order valence-electron chi connectivity index (χ4n) is 2.07. The molecule has 0 spiro atoms. The Bertz CT molecular complexity index is 518. The van der Waals surface area contributed by atoms with Crippen LogP contribution >= 0.6 is 11.8 Å². The van der Waals surface area contributed by atoms with Gasteiger partial charge >= 0.3 is 0 Å². The van der Waals surface area contributed by atoms with Gasteiger partial charge in [-0.3, -0.25) is 14.9 Å². The number of halogens is 1. The highest BCUT2D eigenvalue weighted by Crippen LogP contribution is 2.24. The highest BCUT2D eigenvalue weighted by Gasteiger charge is 2.19. The van der Waals surface area contributed by atoms with E-state index in [-0.39, 0.29) is 11.3 Å². The van der Waals surface area contributed by atoms with Gasteiger partial charge in [0, 0.05) is 23.9 Å². The number of carbonyl (C=O) groups is 1. The minimum atomic E-state index is -0.746. The number of nitrogens with zero attached hydrogens (tertiary/aromatic N) is 1. The molecule has 108 valence electrons. The molecule has 1 unspecified atom stereocenters. The SMILES string of the molecule is O=C(NCC1CCCCS1)c1cc([N+](=O)[O-])ccc1F. The average molecular weight is 298 g/mol. The van der Waals surface area contributed by atoms with E-state index in [0.717, 1.165) is 36.8 Å². The second kappa shape index (κ2) is 6.69. The highest BCUT2D eigenvalue weighted by atomic mass is 32.2. The molecule has 0 radical (unpaired) electrons. The molecule has 20 heavy (non-hydrogen) atoms. The van der Waals surface area contributed by atoms with E-state index in [2.05, 4.69) is 5.32 Å². The van der Waals surface area contributed by atoms with Crippen LogP contribution in [-0.4, -0.2) is 28.4 Å². The van der Waals surface area contributed by atoms with E-state index in [4.69, 9.17) is 0 Å². The molecule has 1 aliphatic rings. The molecule has 1 aromatic rings. The molecule has 1 aliphatic heterocycles. The molecule has 1 atom stereocenters. The molecule has 0 aromatic heterocycles. The summed E-state index contributed by atoms with van der Waals surface area (Å²) in [6, 6.07) is 2.96. The molecule has 1 fully saturated rings. The molecular weight excluding hydrogens is 283 g/mol. The van der Waals surface area contributed by atoms with E-state index in [1.807, 2.05) is 0 Å². The smallest absolute Gasteiger partial charge is 0.270 e. The van der Waals surface area contributed by atoms with Crippen LogP contribution in [0.5, 0.6) is 0 Å². The van der Waals surface area contributed by atoms with Crippen molar-refractivity contribution in [3.8, 4) is 0 Å². The van der Waals surface area contributed by atoms with Crippen molar-refractivity contribution in [1.82, 2.24) is 5.32 Å². The van der Waals surface area contributed by atoms with Crippen molar-refractivity contribution in [1.29, 1.82) is 0 Å². The Labute approximate surface area is 120 Å². The minimum Gasteiger partial charge on any atom is -0.351 e.